The number of hydrogen-bond donors (Lipinski definition) is 1. The molecule has 0 amide bonds. The van der Waals surface area contributed by atoms with Crippen LogP contribution in [0.25, 0.3) is 11.3 Å². The van der Waals surface area contributed by atoms with E-state index < -0.39 is 0 Å². The normalized spacial score (nSPS) is 10.7. The van der Waals surface area contributed by atoms with Gasteiger partial charge in [0.2, 0.25) is 5.28 Å². The molecule has 0 saturated carbocycles. The third-order valence-electron chi connectivity index (χ3n) is 2.46. The van der Waals surface area contributed by atoms with E-state index in [9.17, 15) is 0 Å². The van der Waals surface area contributed by atoms with Crippen molar-refractivity contribution >= 4 is 17.4 Å². The van der Waals surface area contributed by atoms with Gasteiger partial charge in [-0.15, -0.1) is 0 Å². The molecule has 94 valence electrons. The number of nitrogens with zero attached hydrogens (tertiary/aromatic N) is 2. The highest BCUT2D eigenvalue weighted by Gasteiger charge is 2.05. The Morgan fingerprint density at radius 2 is 1.89 bits per heavy atom. The molecule has 0 unspecified atom stereocenters. The molecule has 3 nitrogen and oxygen atoms in total. The minimum atomic E-state index is 0.266. The van der Waals surface area contributed by atoms with Gasteiger partial charge < -0.3 is 5.32 Å². The average Bonchev–Trinajstić information content (AvgIpc) is 2.37. The summed E-state index contributed by atoms with van der Waals surface area (Å²) in [5.41, 5.74) is 1.87. The summed E-state index contributed by atoms with van der Waals surface area (Å²) >= 11 is 5.95. The number of halogens is 1. The Bertz CT molecular complexity index is 512. The zero-order chi connectivity index (χ0) is 13.0. The minimum Gasteiger partial charge on any atom is -0.370 e. The van der Waals surface area contributed by atoms with Gasteiger partial charge in [-0.25, -0.2) is 9.97 Å². The molecule has 0 atom stereocenters. The molecule has 1 aromatic heterocycles. The zero-order valence-corrected chi connectivity index (χ0v) is 11.3. The molecule has 0 aliphatic rings. The first-order chi connectivity index (χ1) is 8.65. The van der Waals surface area contributed by atoms with Crippen LogP contribution in [0.15, 0.2) is 36.4 Å². The number of hydrogen-bond acceptors (Lipinski definition) is 3. The Labute approximate surface area is 112 Å². The number of benzene rings is 1. The second-order valence-electron chi connectivity index (χ2n) is 4.55. The van der Waals surface area contributed by atoms with Crippen molar-refractivity contribution in [1.29, 1.82) is 0 Å². The molecule has 0 aliphatic heterocycles. The molecule has 0 saturated heterocycles. The third-order valence-corrected chi connectivity index (χ3v) is 2.63. The van der Waals surface area contributed by atoms with Crippen LogP contribution < -0.4 is 5.32 Å². The van der Waals surface area contributed by atoms with Crippen molar-refractivity contribution in [3.05, 3.63) is 41.7 Å². The van der Waals surface area contributed by atoms with Crippen molar-refractivity contribution in [2.24, 2.45) is 5.92 Å². The molecule has 0 fully saturated rings. The first kappa shape index (κ1) is 12.8. The van der Waals surface area contributed by atoms with Gasteiger partial charge in [-0.2, -0.15) is 0 Å². The van der Waals surface area contributed by atoms with E-state index in [1.54, 1.807) is 0 Å². The Morgan fingerprint density at radius 3 is 2.56 bits per heavy atom. The number of anilines is 1. The molecule has 0 aliphatic carbocycles. The first-order valence-corrected chi connectivity index (χ1v) is 6.37. The number of aromatic nitrogens is 2. The van der Waals surface area contributed by atoms with E-state index in [0.717, 1.165) is 23.6 Å². The summed E-state index contributed by atoms with van der Waals surface area (Å²) in [5.74, 6) is 1.32. The summed E-state index contributed by atoms with van der Waals surface area (Å²) < 4.78 is 0. The lowest BCUT2D eigenvalue weighted by Gasteiger charge is -2.09. The highest BCUT2D eigenvalue weighted by molar-refractivity contribution is 6.28. The van der Waals surface area contributed by atoms with E-state index in [0.29, 0.717) is 5.92 Å². The van der Waals surface area contributed by atoms with Crippen molar-refractivity contribution in [2.45, 2.75) is 13.8 Å². The second-order valence-corrected chi connectivity index (χ2v) is 4.89. The van der Waals surface area contributed by atoms with Crippen LogP contribution in [-0.2, 0) is 0 Å². The molecule has 4 heteroatoms. The monoisotopic (exact) mass is 261 g/mol. The summed E-state index contributed by atoms with van der Waals surface area (Å²) in [5, 5.41) is 3.53. The Morgan fingerprint density at radius 1 is 1.17 bits per heavy atom. The maximum absolute atomic E-state index is 5.95. The summed E-state index contributed by atoms with van der Waals surface area (Å²) in [7, 11) is 0. The molecule has 1 aromatic carbocycles. The van der Waals surface area contributed by atoms with Gasteiger partial charge in [-0.1, -0.05) is 44.2 Å². The van der Waals surface area contributed by atoms with Crippen LogP contribution in [0.3, 0.4) is 0 Å². The predicted molar refractivity (Wildman–Crippen MR) is 75.8 cm³/mol. The molecule has 18 heavy (non-hydrogen) atoms. The molecule has 1 N–H and O–H groups in total. The molecule has 1 heterocycles. The summed E-state index contributed by atoms with van der Waals surface area (Å²) in [4.78, 5) is 8.42. The summed E-state index contributed by atoms with van der Waals surface area (Å²) in [6, 6.07) is 11.9. The second kappa shape index (κ2) is 5.83. The fourth-order valence-electron chi connectivity index (χ4n) is 1.57. The van der Waals surface area contributed by atoms with Gasteiger partial charge in [0.1, 0.15) is 5.82 Å². The number of rotatable bonds is 4. The third kappa shape index (κ3) is 3.44. The Kier molecular flexibility index (Phi) is 4.15. The van der Waals surface area contributed by atoms with E-state index >= 15 is 0 Å². The van der Waals surface area contributed by atoms with Gasteiger partial charge in [-0.05, 0) is 17.5 Å². The fraction of sp³-hybridized carbons (Fsp3) is 0.286. The first-order valence-electron chi connectivity index (χ1n) is 5.99. The van der Waals surface area contributed by atoms with Gasteiger partial charge in [-0.3, -0.25) is 0 Å². The van der Waals surface area contributed by atoms with Gasteiger partial charge in [0.05, 0.1) is 5.69 Å². The Hall–Kier alpha value is -1.61. The van der Waals surface area contributed by atoms with Crippen molar-refractivity contribution in [2.75, 3.05) is 11.9 Å². The average molecular weight is 262 g/mol. The molecular weight excluding hydrogens is 246 g/mol. The lowest BCUT2D eigenvalue weighted by atomic mass is 10.1. The van der Waals surface area contributed by atoms with Gasteiger partial charge in [0.15, 0.2) is 0 Å². The molecule has 0 spiro atoms. The SMILES string of the molecule is CC(C)CNc1cc(-c2ccccc2)nc(Cl)n1. The van der Waals surface area contributed by atoms with Crippen LogP contribution in [0.5, 0.6) is 0 Å². The highest BCUT2D eigenvalue weighted by Crippen LogP contribution is 2.21. The predicted octanol–water partition coefficient (Wildman–Crippen LogP) is 3.86. The molecular formula is C14H16ClN3. The van der Waals surface area contributed by atoms with E-state index in [2.05, 4.69) is 29.1 Å². The molecule has 0 bridgehead atoms. The number of nitrogens with one attached hydrogen (secondary N) is 1. The fourth-order valence-corrected chi connectivity index (χ4v) is 1.76. The zero-order valence-electron chi connectivity index (χ0n) is 10.5. The van der Waals surface area contributed by atoms with Gasteiger partial charge in [0, 0.05) is 18.2 Å². The summed E-state index contributed by atoms with van der Waals surface area (Å²) in [6.07, 6.45) is 0. The van der Waals surface area contributed by atoms with Crippen LogP contribution >= 0.6 is 11.6 Å². The van der Waals surface area contributed by atoms with E-state index in [1.165, 1.54) is 0 Å². The van der Waals surface area contributed by atoms with Crippen molar-refractivity contribution in [3.63, 3.8) is 0 Å². The minimum absolute atomic E-state index is 0.266. The molecule has 2 aromatic rings. The van der Waals surface area contributed by atoms with Crippen LogP contribution in [0, 0.1) is 5.92 Å². The van der Waals surface area contributed by atoms with Crippen LogP contribution in [0.1, 0.15) is 13.8 Å². The maximum Gasteiger partial charge on any atom is 0.224 e. The van der Waals surface area contributed by atoms with Crippen LogP contribution in [0.2, 0.25) is 5.28 Å². The van der Waals surface area contributed by atoms with Gasteiger partial charge in [0.25, 0.3) is 0 Å². The topological polar surface area (TPSA) is 37.8 Å². The van der Waals surface area contributed by atoms with E-state index in [4.69, 9.17) is 11.6 Å². The maximum atomic E-state index is 5.95. The van der Waals surface area contributed by atoms with Crippen molar-refractivity contribution < 1.29 is 0 Å². The van der Waals surface area contributed by atoms with Crippen LogP contribution in [-0.4, -0.2) is 16.5 Å². The van der Waals surface area contributed by atoms with E-state index in [1.807, 2.05) is 36.4 Å². The molecule has 0 radical (unpaired) electrons. The summed E-state index contributed by atoms with van der Waals surface area (Å²) in [6.45, 7) is 5.16. The standard InChI is InChI=1S/C14H16ClN3/c1-10(2)9-16-13-8-12(17-14(15)18-13)11-6-4-3-5-7-11/h3-8,10H,9H2,1-2H3,(H,16,17,18). The highest BCUT2D eigenvalue weighted by atomic mass is 35.5. The largest absolute Gasteiger partial charge is 0.370 e. The Balaban J connectivity index is 2.27. The lowest BCUT2D eigenvalue weighted by molar-refractivity contribution is 0.687. The van der Waals surface area contributed by atoms with Crippen molar-refractivity contribution in [1.82, 2.24) is 9.97 Å². The lowest BCUT2D eigenvalue weighted by Crippen LogP contribution is -2.09. The van der Waals surface area contributed by atoms with Crippen LogP contribution in [0.4, 0.5) is 5.82 Å². The molecule has 2 rings (SSSR count). The smallest absolute Gasteiger partial charge is 0.224 e. The quantitative estimate of drug-likeness (QED) is 0.849. The van der Waals surface area contributed by atoms with Gasteiger partial charge >= 0.3 is 0 Å². The van der Waals surface area contributed by atoms with Crippen molar-refractivity contribution in [3.8, 4) is 11.3 Å². The van der Waals surface area contributed by atoms with E-state index in [-0.39, 0.29) is 5.28 Å².